The summed E-state index contributed by atoms with van der Waals surface area (Å²) >= 11 is 0. The number of nitriles is 1. The molecule has 0 radical (unpaired) electrons. The maximum atomic E-state index is 11.9. The Morgan fingerprint density at radius 2 is 1.70 bits per heavy atom. The van der Waals surface area contributed by atoms with Crippen molar-refractivity contribution in [3.05, 3.63) is 100 Å². The Balaban J connectivity index is 1.62. The number of amides is 1. The van der Waals surface area contributed by atoms with Crippen LogP contribution in [-0.2, 0) is 4.79 Å². The molecule has 0 spiro atoms. The number of rotatable bonds is 7. The first-order valence-corrected chi connectivity index (χ1v) is 8.99. The Kier molecular flexibility index (Phi) is 6.54. The molecule has 3 rings (SSSR count). The number of para-hydroxylation sites is 1. The van der Waals surface area contributed by atoms with Crippen LogP contribution in [0, 0.1) is 21.4 Å². The normalized spacial score (nSPS) is 10.7. The van der Waals surface area contributed by atoms with E-state index in [0.717, 1.165) is 5.56 Å². The van der Waals surface area contributed by atoms with Crippen LogP contribution in [-0.4, -0.2) is 17.4 Å². The van der Waals surface area contributed by atoms with E-state index in [1.165, 1.54) is 24.3 Å². The van der Waals surface area contributed by atoms with Gasteiger partial charge >= 0.3 is 0 Å². The zero-order valence-corrected chi connectivity index (χ0v) is 15.8. The molecule has 7 nitrogen and oxygen atoms in total. The van der Waals surface area contributed by atoms with Crippen molar-refractivity contribution in [1.29, 1.82) is 5.26 Å². The fourth-order valence-electron chi connectivity index (χ4n) is 2.64. The van der Waals surface area contributed by atoms with Crippen molar-refractivity contribution in [3.63, 3.8) is 0 Å². The predicted molar refractivity (Wildman–Crippen MR) is 114 cm³/mol. The lowest BCUT2D eigenvalue weighted by molar-refractivity contribution is -0.384. The maximum Gasteiger partial charge on any atom is 0.269 e. The molecular formula is C23H17N3O4. The summed E-state index contributed by atoms with van der Waals surface area (Å²) in [5, 5.41) is 22.9. The molecule has 0 aliphatic rings. The monoisotopic (exact) mass is 399 g/mol. The van der Waals surface area contributed by atoms with E-state index in [4.69, 9.17) is 4.74 Å². The van der Waals surface area contributed by atoms with Gasteiger partial charge in [-0.25, -0.2) is 0 Å². The van der Waals surface area contributed by atoms with E-state index in [1.807, 2.05) is 18.2 Å². The Labute approximate surface area is 173 Å². The van der Waals surface area contributed by atoms with E-state index in [-0.39, 0.29) is 18.2 Å². The fraction of sp³-hybridized carbons (Fsp3) is 0.0435. The molecule has 0 saturated heterocycles. The van der Waals surface area contributed by atoms with Crippen molar-refractivity contribution in [2.75, 3.05) is 11.9 Å². The molecule has 3 aromatic carbocycles. The van der Waals surface area contributed by atoms with Crippen LogP contribution in [0.5, 0.6) is 5.75 Å². The summed E-state index contributed by atoms with van der Waals surface area (Å²) in [6.45, 7) is -0.129. The van der Waals surface area contributed by atoms with Crippen LogP contribution in [0.15, 0.2) is 78.9 Å². The fourth-order valence-corrected chi connectivity index (χ4v) is 2.64. The van der Waals surface area contributed by atoms with Gasteiger partial charge in [0.25, 0.3) is 11.6 Å². The molecule has 0 fully saturated rings. The SMILES string of the molecule is N#C/C(=C\c1ccc(OCC(=O)Nc2ccccc2)cc1)c1ccc([N+](=O)[O-])cc1. The van der Waals surface area contributed by atoms with Crippen LogP contribution >= 0.6 is 0 Å². The van der Waals surface area contributed by atoms with Crippen LogP contribution in [0.25, 0.3) is 11.6 Å². The van der Waals surface area contributed by atoms with Crippen molar-refractivity contribution < 1.29 is 14.5 Å². The summed E-state index contributed by atoms with van der Waals surface area (Å²) in [4.78, 5) is 22.2. The molecule has 0 saturated carbocycles. The number of anilines is 1. The minimum atomic E-state index is -0.488. The molecule has 0 aliphatic carbocycles. The zero-order valence-electron chi connectivity index (χ0n) is 15.8. The van der Waals surface area contributed by atoms with E-state index in [9.17, 15) is 20.2 Å². The molecule has 30 heavy (non-hydrogen) atoms. The van der Waals surface area contributed by atoms with Crippen molar-refractivity contribution in [2.24, 2.45) is 0 Å². The van der Waals surface area contributed by atoms with Crippen LogP contribution < -0.4 is 10.1 Å². The number of allylic oxidation sites excluding steroid dienone is 1. The number of nitrogens with one attached hydrogen (secondary N) is 1. The van der Waals surface area contributed by atoms with E-state index in [2.05, 4.69) is 11.4 Å². The number of nitro benzene ring substituents is 1. The molecule has 7 heteroatoms. The molecule has 0 heterocycles. The molecule has 0 unspecified atom stereocenters. The Morgan fingerprint density at radius 1 is 1.03 bits per heavy atom. The van der Waals surface area contributed by atoms with Gasteiger partial charge in [0.15, 0.2) is 6.61 Å². The highest BCUT2D eigenvalue weighted by Crippen LogP contribution is 2.22. The van der Waals surface area contributed by atoms with Gasteiger partial charge in [-0.05, 0) is 53.6 Å². The number of benzene rings is 3. The lowest BCUT2D eigenvalue weighted by Gasteiger charge is -2.08. The average molecular weight is 399 g/mol. The molecule has 1 amide bonds. The number of hydrogen-bond donors (Lipinski definition) is 1. The van der Waals surface area contributed by atoms with Gasteiger partial charge < -0.3 is 10.1 Å². The van der Waals surface area contributed by atoms with Gasteiger partial charge in [-0.2, -0.15) is 5.26 Å². The van der Waals surface area contributed by atoms with Gasteiger partial charge in [-0.1, -0.05) is 30.3 Å². The number of carbonyl (C=O) groups excluding carboxylic acids is 1. The first kappa shape index (κ1) is 20.3. The average Bonchev–Trinajstić information content (AvgIpc) is 2.77. The number of carbonyl (C=O) groups is 1. The Morgan fingerprint density at radius 3 is 2.30 bits per heavy atom. The van der Waals surface area contributed by atoms with Crippen LogP contribution in [0.3, 0.4) is 0 Å². The first-order valence-electron chi connectivity index (χ1n) is 8.99. The maximum absolute atomic E-state index is 11.9. The van der Waals surface area contributed by atoms with Crippen molar-refractivity contribution >= 4 is 28.9 Å². The predicted octanol–water partition coefficient (Wildman–Crippen LogP) is 4.68. The quantitative estimate of drug-likeness (QED) is 0.269. The van der Waals surface area contributed by atoms with E-state index < -0.39 is 4.92 Å². The highest BCUT2D eigenvalue weighted by atomic mass is 16.6. The topological polar surface area (TPSA) is 105 Å². The van der Waals surface area contributed by atoms with E-state index >= 15 is 0 Å². The molecular weight excluding hydrogens is 382 g/mol. The summed E-state index contributed by atoms with van der Waals surface area (Å²) in [6, 6.07) is 23.9. The van der Waals surface area contributed by atoms with Gasteiger partial charge in [0.2, 0.25) is 0 Å². The second-order valence-electron chi connectivity index (χ2n) is 6.25. The molecule has 0 bridgehead atoms. The second-order valence-corrected chi connectivity index (χ2v) is 6.25. The zero-order chi connectivity index (χ0) is 21.3. The number of ether oxygens (including phenoxy) is 1. The Hall–Kier alpha value is -4.44. The summed E-state index contributed by atoms with van der Waals surface area (Å²) in [5.41, 5.74) is 2.38. The minimum absolute atomic E-state index is 0.0335. The van der Waals surface area contributed by atoms with Crippen LogP contribution in [0.4, 0.5) is 11.4 Å². The number of nitrogens with zero attached hydrogens (tertiary/aromatic N) is 2. The van der Waals surface area contributed by atoms with E-state index in [0.29, 0.717) is 22.6 Å². The number of hydrogen-bond acceptors (Lipinski definition) is 5. The summed E-state index contributed by atoms with van der Waals surface area (Å²) in [7, 11) is 0. The molecule has 3 aromatic rings. The van der Waals surface area contributed by atoms with Gasteiger partial charge in [0, 0.05) is 17.8 Å². The third-order valence-electron chi connectivity index (χ3n) is 4.13. The van der Waals surface area contributed by atoms with E-state index in [1.54, 1.807) is 42.5 Å². The Bertz CT molecular complexity index is 1100. The second kappa shape index (κ2) is 9.66. The molecule has 1 N–H and O–H groups in total. The first-order chi connectivity index (χ1) is 14.5. The molecule has 0 atom stereocenters. The molecule has 148 valence electrons. The van der Waals surface area contributed by atoms with Crippen molar-refractivity contribution in [3.8, 4) is 11.8 Å². The highest BCUT2D eigenvalue weighted by Gasteiger charge is 2.07. The smallest absolute Gasteiger partial charge is 0.269 e. The standard InChI is InChI=1S/C23H17N3O4/c24-15-19(18-8-10-21(11-9-18)26(28)29)14-17-6-12-22(13-7-17)30-16-23(27)25-20-4-2-1-3-5-20/h1-14H,16H2,(H,25,27)/b19-14+. The summed E-state index contributed by atoms with van der Waals surface area (Å²) < 4.78 is 5.48. The number of nitro groups is 1. The highest BCUT2D eigenvalue weighted by molar-refractivity contribution is 5.92. The van der Waals surface area contributed by atoms with Gasteiger partial charge in [-0.3, -0.25) is 14.9 Å². The lowest BCUT2D eigenvalue weighted by Crippen LogP contribution is -2.20. The van der Waals surface area contributed by atoms with Gasteiger partial charge in [0.05, 0.1) is 16.6 Å². The van der Waals surface area contributed by atoms with Gasteiger partial charge in [0.1, 0.15) is 5.75 Å². The van der Waals surface area contributed by atoms with Gasteiger partial charge in [-0.15, -0.1) is 0 Å². The third-order valence-corrected chi connectivity index (χ3v) is 4.13. The lowest BCUT2D eigenvalue weighted by atomic mass is 10.0. The summed E-state index contributed by atoms with van der Waals surface area (Å²) in [6.07, 6.45) is 1.67. The van der Waals surface area contributed by atoms with Crippen LogP contribution in [0.2, 0.25) is 0 Å². The molecule has 0 aliphatic heterocycles. The third kappa shape index (κ3) is 5.53. The summed E-state index contributed by atoms with van der Waals surface area (Å²) in [5.74, 6) is 0.249. The largest absolute Gasteiger partial charge is 0.484 e. The van der Waals surface area contributed by atoms with Crippen LogP contribution in [0.1, 0.15) is 11.1 Å². The van der Waals surface area contributed by atoms with Crippen molar-refractivity contribution in [1.82, 2.24) is 0 Å². The minimum Gasteiger partial charge on any atom is -0.484 e. The van der Waals surface area contributed by atoms with Crippen molar-refractivity contribution in [2.45, 2.75) is 0 Å². The number of non-ortho nitro benzene ring substituents is 1. The molecule has 0 aromatic heterocycles.